The molecule has 0 saturated heterocycles. The summed E-state index contributed by atoms with van der Waals surface area (Å²) < 4.78 is 0. The van der Waals surface area contributed by atoms with Gasteiger partial charge in [0.1, 0.15) is 0 Å². The first-order valence-electron chi connectivity index (χ1n) is 5.58. The Balaban J connectivity index is 1.98. The highest BCUT2D eigenvalue weighted by molar-refractivity contribution is 6.31. The topological polar surface area (TPSA) is 37.8 Å². The van der Waals surface area contributed by atoms with Crippen LogP contribution < -0.4 is 5.32 Å². The number of anilines is 1. The van der Waals surface area contributed by atoms with Crippen LogP contribution in [-0.4, -0.2) is 16.5 Å². The third-order valence-electron chi connectivity index (χ3n) is 4.45. The Labute approximate surface area is 102 Å². The van der Waals surface area contributed by atoms with Crippen molar-refractivity contribution in [1.82, 2.24) is 9.97 Å². The largest absolute Gasteiger partial charge is 0.367 e. The summed E-state index contributed by atoms with van der Waals surface area (Å²) in [5, 5.41) is 3.72. The summed E-state index contributed by atoms with van der Waals surface area (Å²) in [6.07, 6.45) is 3.25. The van der Waals surface area contributed by atoms with Gasteiger partial charge >= 0.3 is 0 Å². The number of hydrogen-bond donors (Lipinski definition) is 1. The maximum absolute atomic E-state index is 5.93. The summed E-state index contributed by atoms with van der Waals surface area (Å²) in [6, 6.07) is 0. The first kappa shape index (κ1) is 11.6. The van der Waals surface area contributed by atoms with Gasteiger partial charge in [-0.1, -0.05) is 39.3 Å². The molecule has 0 aromatic carbocycles. The molecule has 1 fully saturated rings. The summed E-state index contributed by atoms with van der Waals surface area (Å²) >= 11 is 5.93. The highest BCUT2D eigenvalue weighted by Gasteiger charge is 2.64. The first-order valence-corrected chi connectivity index (χ1v) is 5.95. The van der Waals surface area contributed by atoms with Crippen molar-refractivity contribution >= 4 is 17.4 Å². The first-order chi connectivity index (χ1) is 7.37. The summed E-state index contributed by atoms with van der Waals surface area (Å²) in [4.78, 5) is 8.16. The number of hydrogen-bond acceptors (Lipinski definition) is 3. The molecule has 88 valence electrons. The van der Waals surface area contributed by atoms with Crippen LogP contribution >= 0.6 is 11.6 Å². The number of nitrogens with zero attached hydrogens (tertiary/aromatic N) is 2. The Morgan fingerprint density at radius 3 is 2.25 bits per heavy atom. The number of halogens is 1. The van der Waals surface area contributed by atoms with E-state index in [0.29, 0.717) is 27.7 Å². The molecule has 0 aliphatic heterocycles. The fourth-order valence-corrected chi connectivity index (χ4v) is 2.65. The molecule has 0 bridgehead atoms. The Morgan fingerprint density at radius 1 is 1.19 bits per heavy atom. The van der Waals surface area contributed by atoms with E-state index in [1.807, 2.05) is 0 Å². The third-order valence-corrected chi connectivity index (χ3v) is 4.72. The van der Waals surface area contributed by atoms with E-state index in [9.17, 15) is 0 Å². The Hall–Kier alpha value is -0.830. The van der Waals surface area contributed by atoms with Gasteiger partial charge in [0.2, 0.25) is 0 Å². The molecule has 1 aliphatic carbocycles. The van der Waals surface area contributed by atoms with E-state index in [1.54, 1.807) is 12.4 Å². The normalized spacial score (nSPS) is 21.8. The molecule has 1 aromatic rings. The fraction of sp³-hybridized carbons (Fsp3) is 0.667. The van der Waals surface area contributed by atoms with Crippen molar-refractivity contribution in [2.24, 2.45) is 16.7 Å². The van der Waals surface area contributed by atoms with E-state index in [-0.39, 0.29) is 0 Å². The van der Waals surface area contributed by atoms with E-state index < -0.39 is 0 Å². The van der Waals surface area contributed by atoms with Gasteiger partial charge in [0.15, 0.2) is 11.0 Å². The predicted molar refractivity (Wildman–Crippen MR) is 66.6 cm³/mol. The van der Waals surface area contributed by atoms with Crippen LogP contribution in [0.25, 0.3) is 0 Å². The minimum Gasteiger partial charge on any atom is -0.367 e. The monoisotopic (exact) mass is 239 g/mol. The van der Waals surface area contributed by atoms with E-state index in [1.165, 1.54) is 0 Å². The molecule has 3 nitrogen and oxygen atoms in total. The van der Waals surface area contributed by atoms with Crippen LogP contribution in [0.3, 0.4) is 0 Å². The molecule has 0 amide bonds. The zero-order chi connectivity index (χ0) is 12.0. The van der Waals surface area contributed by atoms with Crippen LogP contribution in [0.5, 0.6) is 0 Å². The van der Waals surface area contributed by atoms with Crippen LogP contribution in [0.2, 0.25) is 5.15 Å². The van der Waals surface area contributed by atoms with Gasteiger partial charge < -0.3 is 5.32 Å². The van der Waals surface area contributed by atoms with Crippen molar-refractivity contribution in [2.45, 2.75) is 27.7 Å². The second-order valence-corrected chi connectivity index (χ2v) is 5.93. The number of rotatable bonds is 3. The molecule has 0 unspecified atom stereocenters. The van der Waals surface area contributed by atoms with Gasteiger partial charge in [-0.3, -0.25) is 0 Å². The minimum atomic E-state index is 0.384. The lowest BCUT2D eigenvalue weighted by Crippen LogP contribution is -2.09. The zero-order valence-electron chi connectivity index (χ0n) is 10.2. The summed E-state index contributed by atoms with van der Waals surface area (Å²) in [6.45, 7) is 10.1. The molecule has 4 heteroatoms. The van der Waals surface area contributed by atoms with Crippen molar-refractivity contribution in [3.63, 3.8) is 0 Å². The van der Waals surface area contributed by atoms with Crippen LogP contribution in [-0.2, 0) is 0 Å². The SMILES string of the molecule is CC1(C)C(CNc2nccnc2Cl)C1(C)C. The average Bonchev–Trinajstić information content (AvgIpc) is 2.58. The molecule has 0 atom stereocenters. The van der Waals surface area contributed by atoms with Gasteiger partial charge in [-0.25, -0.2) is 9.97 Å². The lowest BCUT2D eigenvalue weighted by atomic mass is 10.0. The molecule has 1 aromatic heterocycles. The van der Waals surface area contributed by atoms with Gasteiger partial charge in [-0.15, -0.1) is 0 Å². The molecule has 2 rings (SSSR count). The molecule has 1 N–H and O–H groups in total. The Morgan fingerprint density at radius 2 is 1.75 bits per heavy atom. The zero-order valence-corrected chi connectivity index (χ0v) is 11.0. The van der Waals surface area contributed by atoms with Crippen molar-refractivity contribution in [3.05, 3.63) is 17.5 Å². The van der Waals surface area contributed by atoms with Gasteiger partial charge in [-0.2, -0.15) is 0 Å². The average molecular weight is 240 g/mol. The highest BCUT2D eigenvalue weighted by atomic mass is 35.5. The van der Waals surface area contributed by atoms with E-state index in [4.69, 9.17) is 11.6 Å². The van der Waals surface area contributed by atoms with Gasteiger partial charge in [-0.05, 0) is 16.7 Å². The summed E-state index contributed by atoms with van der Waals surface area (Å²) in [5.41, 5.74) is 0.767. The van der Waals surface area contributed by atoms with Gasteiger partial charge in [0, 0.05) is 18.9 Å². The van der Waals surface area contributed by atoms with Gasteiger partial charge in [0.05, 0.1) is 0 Å². The maximum atomic E-state index is 5.93. The molecule has 1 saturated carbocycles. The summed E-state index contributed by atoms with van der Waals surface area (Å²) in [7, 11) is 0. The lowest BCUT2D eigenvalue weighted by molar-refractivity contribution is 0.457. The summed E-state index contributed by atoms with van der Waals surface area (Å²) in [5.74, 6) is 1.33. The van der Waals surface area contributed by atoms with Crippen LogP contribution in [0.1, 0.15) is 27.7 Å². The Kier molecular flexibility index (Phi) is 2.61. The predicted octanol–water partition coefficient (Wildman–Crippen LogP) is 3.22. The van der Waals surface area contributed by atoms with Gasteiger partial charge in [0.25, 0.3) is 0 Å². The maximum Gasteiger partial charge on any atom is 0.171 e. The quantitative estimate of drug-likeness (QED) is 0.880. The van der Waals surface area contributed by atoms with Crippen molar-refractivity contribution in [3.8, 4) is 0 Å². The van der Waals surface area contributed by atoms with E-state index in [2.05, 4.69) is 43.0 Å². The number of nitrogens with one attached hydrogen (secondary N) is 1. The van der Waals surface area contributed by atoms with Crippen molar-refractivity contribution in [1.29, 1.82) is 0 Å². The Bertz CT molecular complexity index is 387. The molecule has 0 spiro atoms. The smallest absolute Gasteiger partial charge is 0.171 e. The second kappa shape index (κ2) is 3.59. The lowest BCUT2D eigenvalue weighted by Gasteiger charge is -2.07. The van der Waals surface area contributed by atoms with E-state index >= 15 is 0 Å². The van der Waals surface area contributed by atoms with E-state index in [0.717, 1.165) is 6.54 Å². The molecule has 1 aliphatic rings. The van der Waals surface area contributed by atoms with Crippen LogP contribution in [0.15, 0.2) is 12.4 Å². The number of aromatic nitrogens is 2. The molecule has 1 heterocycles. The third kappa shape index (κ3) is 1.67. The van der Waals surface area contributed by atoms with Crippen LogP contribution in [0, 0.1) is 16.7 Å². The van der Waals surface area contributed by atoms with Crippen molar-refractivity contribution in [2.75, 3.05) is 11.9 Å². The second-order valence-electron chi connectivity index (χ2n) is 5.57. The van der Waals surface area contributed by atoms with Crippen LogP contribution in [0.4, 0.5) is 5.82 Å². The molecule has 16 heavy (non-hydrogen) atoms. The minimum absolute atomic E-state index is 0.384. The highest BCUT2D eigenvalue weighted by Crippen LogP contribution is 2.68. The fourth-order valence-electron chi connectivity index (χ4n) is 2.48. The standard InChI is InChI=1S/C12H18ClN3/c1-11(2)8(12(11,3)4)7-16-10-9(13)14-5-6-15-10/h5-6,8H,7H2,1-4H3,(H,15,16). The molecular weight excluding hydrogens is 222 g/mol. The molecule has 0 radical (unpaired) electrons. The molecular formula is C12H18ClN3. The van der Waals surface area contributed by atoms with Crippen molar-refractivity contribution < 1.29 is 0 Å².